The molecule has 0 bridgehead atoms. The van der Waals surface area contributed by atoms with Crippen molar-refractivity contribution in [3.8, 4) is 0 Å². The molecule has 1 aromatic rings. The van der Waals surface area contributed by atoms with Gasteiger partial charge in [-0.25, -0.2) is 0 Å². The second-order valence-electron chi connectivity index (χ2n) is 5.90. The van der Waals surface area contributed by atoms with Gasteiger partial charge in [0.1, 0.15) is 0 Å². The van der Waals surface area contributed by atoms with Crippen LogP contribution >= 0.6 is 0 Å². The maximum atomic E-state index is 12.0. The Morgan fingerprint density at radius 1 is 1.37 bits per heavy atom. The first-order valence-corrected chi connectivity index (χ1v) is 7.17. The Balaban J connectivity index is 1.83. The van der Waals surface area contributed by atoms with Gasteiger partial charge in [0.2, 0.25) is 5.91 Å². The average molecular weight is 263 g/mol. The third-order valence-electron chi connectivity index (χ3n) is 4.31. The van der Waals surface area contributed by atoms with Crippen molar-refractivity contribution >= 4 is 5.91 Å². The van der Waals surface area contributed by atoms with E-state index in [4.69, 9.17) is 5.73 Å². The summed E-state index contributed by atoms with van der Waals surface area (Å²) in [6, 6.07) is 4.11. The Morgan fingerprint density at radius 2 is 2.05 bits per heavy atom. The minimum absolute atomic E-state index is 0.0725. The van der Waals surface area contributed by atoms with Crippen molar-refractivity contribution in [1.82, 2.24) is 9.88 Å². The van der Waals surface area contributed by atoms with Gasteiger partial charge in [0, 0.05) is 30.4 Å². The van der Waals surface area contributed by atoms with E-state index in [2.05, 4.69) is 28.9 Å². The molecule has 1 aromatic heterocycles. The van der Waals surface area contributed by atoms with Gasteiger partial charge in [0.25, 0.3) is 0 Å². The van der Waals surface area contributed by atoms with Gasteiger partial charge in [0.05, 0.1) is 6.54 Å². The first-order valence-electron chi connectivity index (χ1n) is 7.17. The predicted octanol–water partition coefficient (Wildman–Crippen LogP) is 2.00. The van der Waals surface area contributed by atoms with Gasteiger partial charge in [-0.2, -0.15) is 0 Å². The highest BCUT2D eigenvalue weighted by Gasteiger charge is 2.29. The van der Waals surface area contributed by atoms with Gasteiger partial charge in [-0.1, -0.05) is 19.3 Å². The molecular formula is C15H25N3O. The maximum Gasteiger partial charge on any atom is 0.222 e. The molecule has 0 unspecified atom stereocenters. The summed E-state index contributed by atoms with van der Waals surface area (Å²) in [4.78, 5) is 12.0. The van der Waals surface area contributed by atoms with Crippen LogP contribution in [0.5, 0.6) is 0 Å². The highest BCUT2D eigenvalue weighted by atomic mass is 16.1. The topological polar surface area (TPSA) is 60.1 Å². The molecule has 106 valence electrons. The third-order valence-corrected chi connectivity index (χ3v) is 4.31. The smallest absolute Gasteiger partial charge is 0.222 e. The fourth-order valence-corrected chi connectivity index (χ4v) is 2.85. The van der Waals surface area contributed by atoms with Crippen LogP contribution in [-0.2, 0) is 18.4 Å². The van der Waals surface area contributed by atoms with Crippen LogP contribution < -0.4 is 11.1 Å². The number of hydrogen-bond donors (Lipinski definition) is 2. The van der Waals surface area contributed by atoms with Crippen LogP contribution in [0.25, 0.3) is 0 Å². The van der Waals surface area contributed by atoms with Crippen molar-refractivity contribution in [3.05, 3.63) is 23.5 Å². The molecule has 1 aliphatic carbocycles. The van der Waals surface area contributed by atoms with Crippen LogP contribution in [0.15, 0.2) is 12.1 Å². The van der Waals surface area contributed by atoms with Gasteiger partial charge >= 0.3 is 0 Å². The maximum absolute atomic E-state index is 12.0. The lowest BCUT2D eigenvalue weighted by atomic mass is 9.80. The summed E-state index contributed by atoms with van der Waals surface area (Å²) in [6.45, 7) is 2.64. The summed E-state index contributed by atoms with van der Waals surface area (Å²) in [5.74, 6) is 0.0725. The Hall–Kier alpha value is -1.29. The van der Waals surface area contributed by atoms with E-state index in [0.29, 0.717) is 13.0 Å². The second kappa shape index (κ2) is 5.78. The van der Waals surface area contributed by atoms with Crippen molar-refractivity contribution in [3.63, 3.8) is 0 Å². The molecule has 19 heavy (non-hydrogen) atoms. The molecule has 3 N–H and O–H groups in total. The van der Waals surface area contributed by atoms with E-state index < -0.39 is 0 Å². The molecule has 1 saturated carbocycles. The monoisotopic (exact) mass is 263 g/mol. The van der Waals surface area contributed by atoms with Crippen LogP contribution in [0.2, 0.25) is 0 Å². The minimum Gasteiger partial charge on any atom is -0.350 e. The molecule has 4 nitrogen and oxygen atoms in total. The van der Waals surface area contributed by atoms with Crippen molar-refractivity contribution in [2.24, 2.45) is 12.8 Å². The molecule has 0 aromatic carbocycles. The number of carbonyl (C=O) groups is 1. The number of nitrogens with zero attached hydrogens (tertiary/aromatic N) is 1. The summed E-state index contributed by atoms with van der Waals surface area (Å²) in [7, 11) is 2.02. The SMILES string of the molecule is Cc1ccc(CNC(=O)CC2(N)CCCCC2)n1C. The Labute approximate surface area is 115 Å². The van der Waals surface area contributed by atoms with Crippen LogP contribution in [0.4, 0.5) is 0 Å². The summed E-state index contributed by atoms with van der Waals surface area (Å²) < 4.78 is 2.10. The van der Waals surface area contributed by atoms with Crippen molar-refractivity contribution in [2.75, 3.05) is 0 Å². The van der Waals surface area contributed by atoms with Crippen LogP contribution in [0.1, 0.15) is 49.9 Å². The number of nitrogens with two attached hydrogens (primary N) is 1. The summed E-state index contributed by atoms with van der Waals surface area (Å²) >= 11 is 0. The quantitative estimate of drug-likeness (QED) is 0.873. The highest BCUT2D eigenvalue weighted by Crippen LogP contribution is 2.28. The lowest BCUT2D eigenvalue weighted by Gasteiger charge is -2.32. The second-order valence-corrected chi connectivity index (χ2v) is 5.90. The number of aromatic nitrogens is 1. The third kappa shape index (κ3) is 3.60. The molecule has 1 fully saturated rings. The van der Waals surface area contributed by atoms with E-state index in [1.165, 1.54) is 12.1 Å². The van der Waals surface area contributed by atoms with E-state index in [9.17, 15) is 4.79 Å². The van der Waals surface area contributed by atoms with E-state index in [0.717, 1.165) is 31.4 Å². The molecule has 2 rings (SSSR count). The zero-order valence-electron chi connectivity index (χ0n) is 12.0. The van der Waals surface area contributed by atoms with Gasteiger partial charge in [-0.05, 0) is 31.9 Å². The standard InChI is InChI=1S/C15H25N3O/c1-12-6-7-13(18(12)2)11-17-14(19)10-15(16)8-4-3-5-9-15/h6-7H,3-5,8-11,16H2,1-2H3,(H,17,19). The zero-order valence-corrected chi connectivity index (χ0v) is 12.0. The van der Waals surface area contributed by atoms with Crippen molar-refractivity contribution in [2.45, 2.75) is 57.5 Å². The Morgan fingerprint density at radius 3 is 2.63 bits per heavy atom. The highest BCUT2D eigenvalue weighted by molar-refractivity contribution is 5.77. The predicted molar refractivity (Wildman–Crippen MR) is 76.6 cm³/mol. The minimum atomic E-state index is -0.271. The van der Waals surface area contributed by atoms with Crippen molar-refractivity contribution < 1.29 is 4.79 Å². The van der Waals surface area contributed by atoms with Crippen LogP contribution in [-0.4, -0.2) is 16.0 Å². The molecule has 1 amide bonds. The van der Waals surface area contributed by atoms with Gasteiger partial charge in [0.15, 0.2) is 0 Å². The summed E-state index contributed by atoms with van der Waals surface area (Å²) in [5.41, 5.74) is 8.35. The molecule has 0 spiro atoms. The first kappa shape index (κ1) is 14.1. The molecule has 0 atom stereocenters. The van der Waals surface area contributed by atoms with E-state index >= 15 is 0 Å². The average Bonchev–Trinajstić information content (AvgIpc) is 2.68. The molecule has 4 heteroatoms. The molecule has 0 aliphatic heterocycles. The van der Waals surface area contributed by atoms with Gasteiger partial charge in [-0.3, -0.25) is 4.79 Å². The van der Waals surface area contributed by atoms with E-state index in [-0.39, 0.29) is 11.4 Å². The fraction of sp³-hybridized carbons (Fsp3) is 0.667. The largest absolute Gasteiger partial charge is 0.350 e. The molecule has 0 saturated heterocycles. The lowest BCUT2D eigenvalue weighted by Crippen LogP contribution is -2.45. The molecule has 1 heterocycles. The fourth-order valence-electron chi connectivity index (χ4n) is 2.85. The number of amides is 1. The van der Waals surface area contributed by atoms with E-state index in [1.54, 1.807) is 0 Å². The number of hydrogen-bond acceptors (Lipinski definition) is 2. The summed E-state index contributed by atoms with van der Waals surface area (Å²) in [5, 5.41) is 2.99. The Bertz CT molecular complexity index is 444. The number of carbonyl (C=O) groups excluding carboxylic acids is 1. The molecule has 0 radical (unpaired) electrons. The lowest BCUT2D eigenvalue weighted by molar-refractivity contribution is -0.122. The Kier molecular flexibility index (Phi) is 4.30. The zero-order chi connectivity index (χ0) is 13.9. The van der Waals surface area contributed by atoms with Crippen molar-refractivity contribution in [1.29, 1.82) is 0 Å². The number of nitrogens with one attached hydrogen (secondary N) is 1. The normalized spacial score (nSPS) is 18.3. The van der Waals surface area contributed by atoms with E-state index in [1.807, 2.05) is 7.05 Å². The first-order chi connectivity index (χ1) is 9.00. The number of aryl methyl sites for hydroxylation is 1. The van der Waals surface area contributed by atoms with Crippen LogP contribution in [0.3, 0.4) is 0 Å². The number of rotatable bonds is 4. The molecular weight excluding hydrogens is 238 g/mol. The van der Waals surface area contributed by atoms with Gasteiger partial charge in [-0.15, -0.1) is 0 Å². The summed E-state index contributed by atoms with van der Waals surface area (Å²) in [6.07, 6.45) is 5.97. The van der Waals surface area contributed by atoms with Crippen LogP contribution in [0, 0.1) is 6.92 Å². The molecule has 1 aliphatic rings. The van der Waals surface area contributed by atoms with Gasteiger partial charge < -0.3 is 15.6 Å².